The Balaban J connectivity index is 0.000000269. The molecule has 0 spiro atoms. The molecule has 0 saturated carbocycles. The number of halogens is 2. The summed E-state index contributed by atoms with van der Waals surface area (Å²) in [6.45, 7) is 0.416. The molecule has 10 nitrogen and oxygen atoms in total. The van der Waals surface area contributed by atoms with E-state index in [-0.39, 0.29) is 29.9 Å². The predicted molar refractivity (Wildman–Crippen MR) is 150 cm³/mol. The van der Waals surface area contributed by atoms with Crippen LogP contribution in [0, 0.1) is 0 Å². The quantitative estimate of drug-likeness (QED) is 0.217. The maximum atomic E-state index is 5.92. The van der Waals surface area contributed by atoms with E-state index in [0.29, 0.717) is 16.6 Å². The van der Waals surface area contributed by atoms with Crippen LogP contribution in [0.3, 0.4) is 0 Å². The normalized spacial score (nSPS) is 12.1. The van der Waals surface area contributed by atoms with E-state index in [9.17, 15) is 0 Å². The van der Waals surface area contributed by atoms with Crippen molar-refractivity contribution in [1.29, 1.82) is 0 Å². The van der Waals surface area contributed by atoms with Crippen LogP contribution < -0.4 is 34.4 Å². The van der Waals surface area contributed by atoms with E-state index in [1.165, 1.54) is 0 Å². The fraction of sp³-hybridized carbons (Fsp3) is 0.0833. The van der Waals surface area contributed by atoms with Crippen molar-refractivity contribution in [2.24, 2.45) is 54.4 Å². The molecule has 1 atom stereocenters. The number of nitrogens with zero attached hydrogens (tertiary/aromatic N) is 4. The Morgan fingerprint density at radius 3 is 1.61 bits per heavy atom. The highest BCUT2D eigenvalue weighted by Gasteiger charge is 2.13. The lowest BCUT2D eigenvalue weighted by molar-refractivity contribution is 0.867. The van der Waals surface area contributed by atoms with Crippen LogP contribution in [0.5, 0.6) is 0 Å². The molecule has 0 amide bonds. The zero-order chi connectivity index (χ0) is 26.5. The van der Waals surface area contributed by atoms with Crippen molar-refractivity contribution in [3.63, 3.8) is 0 Å². The molecule has 3 aromatic carbocycles. The third-order valence-corrected chi connectivity index (χ3v) is 4.89. The first kappa shape index (κ1) is 28.0. The van der Waals surface area contributed by atoms with Crippen LogP contribution in [-0.4, -0.2) is 23.8 Å². The van der Waals surface area contributed by atoms with Gasteiger partial charge in [0.2, 0.25) is 11.9 Å². The van der Waals surface area contributed by atoms with Crippen molar-refractivity contribution in [2.75, 3.05) is 0 Å². The Kier molecular flexibility index (Phi) is 11.0. The van der Waals surface area contributed by atoms with Crippen LogP contribution in [0.15, 0.2) is 98.8 Å². The summed E-state index contributed by atoms with van der Waals surface area (Å²) < 4.78 is 0. The molecule has 12 heteroatoms. The van der Waals surface area contributed by atoms with Gasteiger partial charge in [-0.2, -0.15) is 9.98 Å². The van der Waals surface area contributed by atoms with Crippen molar-refractivity contribution in [3.05, 3.63) is 106 Å². The van der Waals surface area contributed by atoms with Gasteiger partial charge in [-0.05, 0) is 41.0 Å². The summed E-state index contributed by atoms with van der Waals surface area (Å²) >= 11 is 11.6. The van der Waals surface area contributed by atoms with E-state index in [2.05, 4.69) is 20.0 Å². The highest BCUT2D eigenvalue weighted by atomic mass is 35.5. The number of guanidine groups is 4. The summed E-state index contributed by atoms with van der Waals surface area (Å²) in [7, 11) is 0. The molecule has 0 saturated heterocycles. The summed E-state index contributed by atoms with van der Waals surface area (Å²) in [5.41, 5.74) is 35.0. The second-order valence-electron chi connectivity index (χ2n) is 7.23. The first-order valence-electron chi connectivity index (χ1n) is 10.5. The minimum atomic E-state index is -0.299. The lowest BCUT2D eigenvalue weighted by Crippen LogP contribution is -2.26. The molecule has 188 valence electrons. The van der Waals surface area contributed by atoms with Crippen LogP contribution in [0.2, 0.25) is 10.0 Å². The van der Waals surface area contributed by atoms with Gasteiger partial charge in [-0.3, -0.25) is 0 Å². The van der Waals surface area contributed by atoms with Gasteiger partial charge in [0.05, 0.1) is 6.54 Å². The summed E-state index contributed by atoms with van der Waals surface area (Å²) in [5, 5.41) is 1.34. The average molecular weight is 527 g/mol. The van der Waals surface area contributed by atoms with Gasteiger partial charge in [-0.1, -0.05) is 77.8 Å². The Hall–Kier alpha value is -4.28. The first-order valence-corrected chi connectivity index (χ1v) is 11.3. The lowest BCUT2D eigenvalue weighted by Gasteiger charge is -2.14. The van der Waals surface area contributed by atoms with E-state index in [4.69, 9.17) is 57.6 Å². The molecule has 0 aliphatic rings. The highest BCUT2D eigenvalue weighted by Crippen LogP contribution is 2.27. The second kappa shape index (κ2) is 14.2. The molecule has 0 aliphatic heterocycles. The van der Waals surface area contributed by atoms with E-state index in [0.717, 1.165) is 16.7 Å². The molecule has 3 aromatic rings. The molecule has 0 fully saturated rings. The Morgan fingerprint density at radius 2 is 1.08 bits per heavy atom. The standard InChI is InChI=1S/C15H16ClN5.C9H12ClN5/c16-12-8-6-11(7-9-12)13(10-4-2-1-3-5-10)20-15(19)21-14(17)18;10-7-3-1-6(2-4-7)5-14-9(13)15-8(11)12/h1-9,13H,(H6,17,18,19,20,21);1-4H,5H2,(H6,11,12,13,14,15). The molecule has 0 aliphatic carbocycles. The monoisotopic (exact) mass is 526 g/mol. The molecule has 0 heterocycles. The van der Waals surface area contributed by atoms with Crippen LogP contribution in [-0.2, 0) is 6.54 Å². The van der Waals surface area contributed by atoms with E-state index in [1.54, 1.807) is 24.3 Å². The van der Waals surface area contributed by atoms with E-state index in [1.807, 2.05) is 54.6 Å². The van der Waals surface area contributed by atoms with Crippen molar-refractivity contribution < 1.29 is 0 Å². The van der Waals surface area contributed by atoms with Crippen LogP contribution >= 0.6 is 23.2 Å². The smallest absolute Gasteiger partial charge is 0.219 e. The van der Waals surface area contributed by atoms with Crippen molar-refractivity contribution >= 4 is 47.0 Å². The zero-order valence-electron chi connectivity index (χ0n) is 19.3. The maximum Gasteiger partial charge on any atom is 0.219 e. The summed E-state index contributed by atoms with van der Waals surface area (Å²) in [4.78, 5) is 15.7. The first-order chi connectivity index (χ1) is 17.1. The third-order valence-electron chi connectivity index (χ3n) is 4.39. The molecule has 1 unspecified atom stereocenters. The average Bonchev–Trinajstić information content (AvgIpc) is 2.83. The van der Waals surface area contributed by atoms with Gasteiger partial charge < -0.3 is 34.4 Å². The number of hydrogen-bond donors (Lipinski definition) is 6. The number of rotatable bonds is 5. The highest BCUT2D eigenvalue weighted by molar-refractivity contribution is 6.30. The second-order valence-corrected chi connectivity index (χ2v) is 8.10. The molecular weight excluding hydrogens is 499 g/mol. The predicted octanol–water partition coefficient (Wildman–Crippen LogP) is 2.45. The topological polar surface area (TPSA) is 206 Å². The fourth-order valence-corrected chi connectivity index (χ4v) is 3.10. The molecular formula is C24H28Cl2N10. The van der Waals surface area contributed by atoms with Crippen LogP contribution in [0.25, 0.3) is 0 Å². The Bertz CT molecular complexity index is 1210. The Morgan fingerprint density at radius 1 is 0.611 bits per heavy atom. The number of aliphatic imine (C=N–C) groups is 4. The number of nitrogens with two attached hydrogens (primary N) is 6. The molecule has 3 rings (SSSR count). The lowest BCUT2D eigenvalue weighted by atomic mass is 9.99. The summed E-state index contributed by atoms with van der Waals surface area (Å²) in [6, 6.07) is 24.1. The minimum absolute atomic E-state index is 0.0267. The van der Waals surface area contributed by atoms with Gasteiger partial charge in [-0.25, -0.2) is 9.98 Å². The molecule has 0 aromatic heterocycles. The van der Waals surface area contributed by atoms with Gasteiger partial charge in [0.15, 0.2) is 11.9 Å². The van der Waals surface area contributed by atoms with E-state index < -0.39 is 0 Å². The van der Waals surface area contributed by atoms with Gasteiger partial charge in [0.25, 0.3) is 0 Å². The maximum absolute atomic E-state index is 5.92. The van der Waals surface area contributed by atoms with Gasteiger partial charge in [-0.15, -0.1) is 0 Å². The van der Waals surface area contributed by atoms with Crippen molar-refractivity contribution in [3.8, 4) is 0 Å². The summed E-state index contributed by atoms with van der Waals surface area (Å²) in [5.74, 6) is -0.143. The Labute approximate surface area is 219 Å². The molecule has 36 heavy (non-hydrogen) atoms. The third kappa shape index (κ3) is 10.3. The van der Waals surface area contributed by atoms with Crippen molar-refractivity contribution in [2.45, 2.75) is 12.6 Å². The summed E-state index contributed by atoms with van der Waals surface area (Å²) in [6.07, 6.45) is 0. The van der Waals surface area contributed by atoms with Crippen LogP contribution in [0.4, 0.5) is 0 Å². The minimum Gasteiger partial charge on any atom is -0.370 e. The van der Waals surface area contributed by atoms with Gasteiger partial charge >= 0.3 is 0 Å². The fourth-order valence-electron chi connectivity index (χ4n) is 2.85. The zero-order valence-corrected chi connectivity index (χ0v) is 20.8. The van der Waals surface area contributed by atoms with Crippen molar-refractivity contribution in [1.82, 2.24) is 0 Å². The van der Waals surface area contributed by atoms with Crippen LogP contribution in [0.1, 0.15) is 22.7 Å². The van der Waals surface area contributed by atoms with E-state index >= 15 is 0 Å². The number of benzene rings is 3. The molecule has 0 radical (unpaired) electrons. The number of hydrogen-bond acceptors (Lipinski definition) is 2. The molecule has 12 N–H and O–H groups in total. The van der Waals surface area contributed by atoms with Gasteiger partial charge in [0.1, 0.15) is 6.04 Å². The molecule has 0 bridgehead atoms. The van der Waals surface area contributed by atoms with Gasteiger partial charge in [0, 0.05) is 10.0 Å². The SMILES string of the molecule is NC(N)=NC(N)=NC(c1ccccc1)c1ccc(Cl)cc1.NC(N)=NC(N)=NCc1ccc(Cl)cc1. The largest absolute Gasteiger partial charge is 0.370 e.